The standard InChI is InChI=1S/C13H15F/c1-10-6-2-3-7-11(10)12-8-4-5-9-13(12)14/h4-5,8-9,11H,1-3,6-7H2. The van der Waals surface area contributed by atoms with Crippen LogP contribution < -0.4 is 0 Å². The third-order valence-corrected chi connectivity index (χ3v) is 3.01. The van der Waals surface area contributed by atoms with Crippen LogP contribution in [0.4, 0.5) is 4.39 Å². The number of allylic oxidation sites excluding steroid dienone is 1. The zero-order valence-electron chi connectivity index (χ0n) is 8.30. The maximum absolute atomic E-state index is 13.5. The molecule has 0 saturated heterocycles. The molecule has 14 heavy (non-hydrogen) atoms. The summed E-state index contributed by atoms with van der Waals surface area (Å²) < 4.78 is 13.5. The Kier molecular flexibility index (Phi) is 2.67. The van der Waals surface area contributed by atoms with Gasteiger partial charge >= 0.3 is 0 Å². The largest absolute Gasteiger partial charge is 0.207 e. The van der Waals surface area contributed by atoms with Crippen molar-refractivity contribution in [3.63, 3.8) is 0 Å². The quantitative estimate of drug-likeness (QED) is 0.586. The van der Waals surface area contributed by atoms with Crippen LogP contribution in [-0.2, 0) is 0 Å². The lowest BCUT2D eigenvalue weighted by Crippen LogP contribution is -2.09. The van der Waals surface area contributed by atoms with Crippen molar-refractivity contribution in [1.29, 1.82) is 0 Å². The fraction of sp³-hybridized carbons (Fsp3) is 0.385. The van der Waals surface area contributed by atoms with Gasteiger partial charge in [-0.2, -0.15) is 0 Å². The Hall–Kier alpha value is -1.11. The third kappa shape index (κ3) is 1.72. The average molecular weight is 190 g/mol. The molecule has 0 radical (unpaired) electrons. The minimum Gasteiger partial charge on any atom is -0.207 e. The Morgan fingerprint density at radius 3 is 2.71 bits per heavy atom. The zero-order valence-corrected chi connectivity index (χ0v) is 8.30. The van der Waals surface area contributed by atoms with Gasteiger partial charge in [-0.1, -0.05) is 36.8 Å². The summed E-state index contributed by atoms with van der Waals surface area (Å²) in [6.07, 6.45) is 4.51. The Bertz CT molecular complexity index is 341. The third-order valence-electron chi connectivity index (χ3n) is 3.01. The van der Waals surface area contributed by atoms with Crippen molar-refractivity contribution in [2.75, 3.05) is 0 Å². The Balaban J connectivity index is 2.29. The normalized spacial score (nSPS) is 22.4. The molecule has 0 nitrogen and oxygen atoms in total. The second-order valence-electron chi connectivity index (χ2n) is 3.98. The molecule has 74 valence electrons. The summed E-state index contributed by atoms with van der Waals surface area (Å²) in [4.78, 5) is 0. The number of benzene rings is 1. The highest BCUT2D eigenvalue weighted by Crippen LogP contribution is 2.36. The van der Waals surface area contributed by atoms with E-state index in [1.54, 1.807) is 6.07 Å². The highest BCUT2D eigenvalue weighted by atomic mass is 19.1. The van der Waals surface area contributed by atoms with E-state index in [9.17, 15) is 4.39 Å². The predicted octanol–water partition coefficient (Wildman–Crippen LogP) is 4.04. The highest BCUT2D eigenvalue weighted by Gasteiger charge is 2.21. The van der Waals surface area contributed by atoms with E-state index in [4.69, 9.17) is 0 Å². The molecule has 1 aromatic rings. The molecule has 1 aliphatic carbocycles. The Morgan fingerprint density at radius 1 is 1.21 bits per heavy atom. The van der Waals surface area contributed by atoms with Gasteiger partial charge in [0.15, 0.2) is 0 Å². The number of hydrogen-bond acceptors (Lipinski definition) is 0. The number of halogens is 1. The lowest BCUT2D eigenvalue weighted by atomic mass is 9.80. The van der Waals surface area contributed by atoms with E-state index >= 15 is 0 Å². The molecule has 1 heteroatoms. The van der Waals surface area contributed by atoms with Crippen LogP contribution in [0.25, 0.3) is 0 Å². The lowest BCUT2D eigenvalue weighted by Gasteiger charge is -2.25. The highest BCUT2D eigenvalue weighted by molar-refractivity contribution is 5.29. The zero-order chi connectivity index (χ0) is 9.97. The molecule has 0 N–H and O–H groups in total. The molecule has 0 spiro atoms. The van der Waals surface area contributed by atoms with E-state index in [0.717, 1.165) is 18.4 Å². The van der Waals surface area contributed by atoms with Crippen LogP contribution in [0.5, 0.6) is 0 Å². The maximum atomic E-state index is 13.5. The summed E-state index contributed by atoms with van der Waals surface area (Å²) in [5.41, 5.74) is 2.03. The van der Waals surface area contributed by atoms with Crippen LogP contribution in [0.2, 0.25) is 0 Å². The first kappa shape index (κ1) is 9.45. The molecule has 0 amide bonds. The second kappa shape index (κ2) is 3.95. The molecule has 1 aromatic carbocycles. The summed E-state index contributed by atoms with van der Waals surface area (Å²) in [6.45, 7) is 4.05. The van der Waals surface area contributed by atoms with E-state index in [-0.39, 0.29) is 11.7 Å². The molecule has 1 unspecified atom stereocenters. The summed E-state index contributed by atoms with van der Waals surface area (Å²) in [5.74, 6) is 0.172. The summed E-state index contributed by atoms with van der Waals surface area (Å²) in [6, 6.07) is 7.07. The molecule has 0 aliphatic heterocycles. The molecule has 0 heterocycles. The first-order valence-electron chi connectivity index (χ1n) is 5.21. The van der Waals surface area contributed by atoms with Gasteiger partial charge in [0.2, 0.25) is 0 Å². The van der Waals surface area contributed by atoms with Gasteiger partial charge in [0, 0.05) is 5.92 Å². The summed E-state index contributed by atoms with van der Waals surface area (Å²) >= 11 is 0. The first-order valence-corrected chi connectivity index (χ1v) is 5.21. The van der Waals surface area contributed by atoms with Gasteiger partial charge in [-0.15, -0.1) is 0 Å². The van der Waals surface area contributed by atoms with Crippen molar-refractivity contribution in [2.24, 2.45) is 0 Å². The van der Waals surface area contributed by atoms with Crippen LogP contribution in [0, 0.1) is 5.82 Å². The molecule has 1 fully saturated rings. The minimum atomic E-state index is -0.0828. The van der Waals surface area contributed by atoms with Crippen LogP contribution in [0.1, 0.15) is 37.2 Å². The Morgan fingerprint density at radius 2 is 2.00 bits per heavy atom. The molecule has 1 saturated carbocycles. The van der Waals surface area contributed by atoms with Crippen molar-refractivity contribution in [1.82, 2.24) is 0 Å². The van der Waals surface area contributed by atoms with Crippen molar-refractivity contribution in [3.8, 4) is 0 Å². The monoisotopic (exact) mass is 190 g/mol. The van der Waals surface area contributed by atoms with Crippen molar-refractivity contribution < 1.29 is 4.39 Å². The smallest absolute Gasteiger partial charge is 0.127 e. The molecule has 1 atom stereocenters. The number of rotatable bonds is 1. The number of hydrogen-bond donors (Lipinski definition) is 0. The van der Waals surface area contributed by atoms with Crippen molar-refractivity contribution in [2.45, 2.75) is 31.6 Å². The molecular formula is C13H15F. The first-order chi connectivity index (χ1) is 6.79. The SMILES string of the molecule is C=C1CCCCC1c1ccccc1F. The second-order valence-corrected chi connectivity index (χ2v) is 3.98. The van der Waals surface area contributed by atoms with E-state index in [1.807, 2.05) is 12.1 Å². The summed E-state index contributed by atoms with van der Waals surface area (Å²) in [5, 5.41) is 0. The lowest BCUT2D eigenvalue weighted by molar-refractivity contribution is 0.515. The summed E-state index contributed by atoms with van der Waals surface area (Å²) in [7, 11) is 0. The molecular weight excluding hydrogens is 175 g/mol. The minimum absolute atomic E-state index is 0.0828. The molecule has 2 rings (SSSR count). The molecule has 0 bridgehead atoms. The fourth-order valence-electron chi connectivity index (χ4n) is 2.21. The van der Waals surface area contributed by atoms with Crippen molar-refractivity contribution >= 4 is 0 Å². The predicted molar refractivity (Wildman–Crippen MR) is 56.7 cm³/mol. The fourth-order valence-corrected chi connectivity index (χ4v) is 2.21. The molecule has 0 aromatic heterocycles. The van der Waals surface area contributed by atoms with Crippen LogP contribution in [-0.4, -0.2) is 0 Å². The van der Waals surface area contributed by atoms with Gasteiger partial charge in [0.1, 0.15) is 5.82 Å². The van der Waals surface area contributed by atoms with E-state index in [1.165, 1.54) is 24.5 Å². The van der Waals surface area contributed by atoms with Crippen molar-refractivity contribution in [3.05, 3.63) is 47.8 Å². The molecule has 1 aliphatic rings. The van der Waals surface area contributed by atoms with Crippen LogP contribution in [0.15, 0.2) is 36.4 Å². The Labute approximate surface area is 84.5 Å². The van der Waals surface area contributed by atoms with E-state index < -0.39 is 0 Å². The van der Waals surface area contributed by atoms with Gasteiger partial charge < -0.3 is 0 Å². The van der Waals surface area contributed by atoms with Gasteiger partial charge in [-0.25, -0.2) is 4.39 Å². The maximum Gasteiger partial charge on any atom is 0.127 e. The average Bonchev–Trinajstić information content (AvgIpc) is 2.20. The van der Waals surface area contributed by atoms with Crippen LogP contribution >= 0.6 is 0 Å². The van der Waals surface area contributed by atoms with Crippen LogP contribution in [0.3, 0.4) is 0 Å². The van der Waals surface area contributed by atoms with Gasteiger partial charge in [-0.05, 0) is 30.9 Å². The van der Waals surface area contributed by atoms with E-state index in [0.29, 0.717) is 0 Å². The van der Waals surface area contributed by atoms with Gasteiger partial charge in [0.05, 0.1) is 0 Å². The van der Waals surface area contributed by atoms with E-state index in [2.05, 4.69) is 6.58 Å². The topological polar surface area (TPSA) is 0 Å². The van der Waals surface area contributed by atoms with Gasteiger partial charge in [0.25, 0.3) is 0 Å². The van der Waals surface area contributed by atoms with Gasteiger partial charge in [-0.3, -0.25) is 0 Å².